The molecule has 2 aromatic carbocycles. The minimum absolute atomic E-state index is 0.0751. The predicted octanol–water partition coefficient (Wildman–Crippen LogP) is 3.84. The van der Waals surface area contributed by atoms with E-state index in [2.05, 4.69) is 15.5 Å². The number of rotatable bonds is 7. The van der Waals surface area contributed by atoms with Crippen LogP contribution >= 0.6 is 0 Å². The van der Waals surface area contributed by atoms with E-state index in [1.165, 1.54) is 38.5 Å². The van der Waals surface area contributed by atoms with E-state index < -0.39 is 17.6 Å². The third-order valence-electron chi connectivity index (χ3n) is 4.17. The van der Waals surface area contributed by atoms with Crippen LogP contribution in [0.4, 0.5) is 13.2 Å². The van der Waals surface area contributed by atoms with E-state index >= 15 is 0 Å². The molecule has 3 rings (SSSR count). The van der Waals surface area contributed by atoms with Crippen molar-refractivity contribution in [3.8, 4) is 17.2 Å². The van der Waals surface area contributed by atoms with Crippen molar-refractivity contribution in [1.29, 1.82) is 0 Å². The topological polar surface area (TPSA) is 86.5 Å². The summed E-state index contributed by atoms with van der Waals surface area (Å²) in [6, 6.07) is 9.90. The Morgan fingerprint density at radius 2 is 1.93 bits per heavy atom. The average Bonchev–Trinajstić information content (AvgIpc) is 3.20. The lowest BCUT2D eigenvalue weighted by molar-refractivity contribution is -0.138. The number of methoxy groups -OCH3 is 2. The molecule has 1 heterocycles. The minimum Gasteiger partial charge on any atom is -0.497 e. The van der Waals surface area contributed by atoms with Gasteiger partial charge in [-0.15, -0.1) is 10.2 Å². The summed E-state index contributed by atoms with van der Waals surface area (Å²) in [6.45, 7) is -0.156. The lowest BCUT2D eigenvalue weighted by Crippen LogP contribution is -2.24. The van der Waals surface area contributed by atoms with Crippen LogP contribution in [0.3, 0.4) is 0 Å². The minimum atomic E-state index is -4.58. The Balaban J connectivity index is 1.76. The van der Waals surface area contributed by atoms with Gasteiger partial charge in [0.1, 0.15) is 12.4 Å². The number of benzene rings is 2. The van der Waals surface area contributed by atoms with Gasteiger partial charge in [-0.3, -0.25) is 4.79 Å². The molecule has 10 heteroatoms. The molecule has 158 valence electrons. The van der Waals surface area contributed by atoms with E-state index in [4.69, 9.17) is 13.9 Å². The second-order valence-electron chi connectivity index (χ2n) is 6.22. The molecule has 0 aliphatic heterocycles. The summed E-state index contributed by atoms with van der Waals surface area (Å²) < 4.78 is 55.1. The van der Waals surface area contributed by atoms with Crippen LogP contribution < -0.4 is 10.1 Å². The van der Waals surface area contributed by atoms with Crippen molar-refractivity contribution in [3.05, 3.63) is 65.0 Å². The highest BCUT2D eigenvalue weighted by atomic mass is 19.4. The quantitative estimate of drug-likeness (QED) is 0.624. The van der Waals surface area contributed by atoms with Crippen LogP contribution in [0.15, 0.2) is 46.9 Å². The molecule has 0 bridgehead atoms. The van der Waals surface area contributed by atoms with Crippen LogP contribution in [-0.4, -0.2) is 30.3 Å². The van der Waals surface area contributed by atoms with E-state index in [0.717, 1.165) is 6.07 Å². The van der Waals surface area contributed by atoms with Crippen molar-refractivity contribution in [2.45, 2.75) is 19.3 Å². The first kappa shape index (κ1) is 21.3. The van der Waals surface area contributed by atoms with E-state index in [0.29, 0.717) is 5.56 Å². The van der Waals surface area contributed by atoms with Gasteiger partial charge in [0.05, 0.1) is 12.7 Å². The highest BCUT2D eigenvalue weighted by Crippen LogP contribution is 2.34. The van der Waals surface area contributed by atoms with Gasteiger partial charge in [-0.2, -0.15) is 13.2 Å². The van der Waals surface area contributed by atoms with Crippen LogP contribution in [0, 0.1) is 0 Å². The second-order valence-corrected chi connectivity index (χ2v) is 6.22. The van der Waals surface area contributed by atoms with Gasteiger partial charge in [0.2, 0.25) is 11.8 Å². The average molecular weight is 421 g/mol. The molecule has 30 heavy (non-hydrogen) atoms. The molecule has 0 spiro atoms. The van der Waals surface area contributed by atoms with E-state index in [1.54, 1.807) is 12.1 Å². The fourth-order valence-corrected chi connectivity index (χ4v) is 2.72. The zero-order valence-corrected chi connectivity index (χ0v) is 16.1. The number of hydrogen-bond donors (Lipinski definition) is 1. The molecule has 3 aromatic rings. The first-order valence-corrected chi connectivity index (χ1v) is 8.76. The van der Waals surface area contributed by atoms with Crippen molar-refractivity contribution in [1.82, 2.24) is 15.5 Å². The van der Waals surface area contributed by atoms with Crippen LogP contribution in [0.5, 0.6) is 5.75 Å². The Bertz CT molecular complexity index is 1030. The number of aromatic nitrogens is 2. The Kier molecular flexibility index (Phi) is 6.36. The molecule has 7 nitrogen and oxygen atoms in total. The molecule has 0 aliphatic carbocycles. The lowest BCUT2D eigenvalue weighted by Gasteiger charge is -2.15. The fraction of sp³-hybridized carbons (Fsp3) is 0.250. The summed E-state index contributed by atoms with van der Waals surface area (Å²) in [7, 11) is 2.77. The summed E-state index contributed by atoms with van der Waals surface area (Å²) in [4.78, 5) is 12.5. The van der Waals surface area contributed by atoms with Crippen molar-refractivity contribution in [2.24, 2.45) is 0 Å². The third-order valence-corrected chi connectivity index (χ3v) is 4.17. The molecule has 0 saturated heterocycles. The highest BCUT2D eigenvalue weighted by Gasteiger charge is 2.33. The second kappa shape index (κ2) is 8.95. The summed E-state index contributed by atoms with van der Waals surface area (Å²) in [6.07, 6.45) is -4.58. The van der Waals surface area contributed by atoms with Crippen LogP contribution in [-0.2, 0) is 24.1 Å². The summed E-state index contributed by atoms with van der Waals surface area (Å²) in [5.74, 6) is 0.0164. The zero-order chi connectivity index (χ0) is 21.7. The van der Waals surface area contributed by atoms with Crippen molar-refractivity contribution < 1.29 is 31.9 Å². The van der Waals surface area contributed by atoms with Crippen LogP contribution in [0.1, 0.15) is 27.4 Å². The van der Waals surface area contributed by atoms with Crippen LogP contribution in [0.25, 0.3) is 11.5 Å². The lowest BCUT2D eigenvalue weighted by atomic mass is 10.1. The molecule has 1 amide bonds. The molecule has 0 fully saturated rings. The third kappa shape index (κ3) is 4.95. The standard InChI is InChI=1S/C20H18F3N3O4/c1-28-11-17-25-26-19(30-17)13-5-3-4-12(8-13)18(27)24-10-14-6-7-15(29-2)9-16(14)20(21,22)23/h3-9H,10-11H2,1-2H3,(H,24,27). The number of amides is 1. The van der Waals surface area contributed by atoms with Gasteiger partial charge < -0.3 is 19.2 Å². The fourth-order valence-electron chi connectivity index (χ4n) is 2.72. The summed E-state index contributed by atoms with van der Waals surface area (Å²) in [5, 5.41) is 10.2. The molecule has 0 atom stereocenters. The molecule has 0 radical (unpaired) electrons. The van der Waals surface area contributed by atoms with Crippen molar-refractivity contribution in [3.63, 3.8) is 0 Å². The first-order chi connectivity index (χ1) is 14.3. The zero-order valence-electron chi connectivity index (χ0n) is 16.1. The molecule has 1 aromatic heterocycles. The van der Waals surface area contributed by atoms with Gasteiger partial charge in [-0.25, -0.2) is 0 Å². The Hall–Kier alpha value is -3.40. The number of hydrogen-bond acceptors (Lipinski definition) is 6. The largest absolute Gasteiger partial charge is 0.497 e. The van der Waals surface area contributed by atoms with Crippen LogP contribution in [0.2, 0.25) is 0 Å². The maximum atomic E-state index is 13.3. The molecular formula is C20H18F3N3O4. The molecule has 1 N–H and O–H groups in total. The maximum Gasteiger partial charge on any atom is 0.416 e. The summed E-state index contributed by atoms with van der Waals surface area (Å²) >= 11 is 0. The number of carbonyl (C=O) groups is 1. The smallest absolute Gasteiger partial charge is 0.416 e. The number of carbonyl (C=O) groups excluding carboxylic acids is 1. The van der Waals surface area contributed by atoms with E-state index in [-0.39, 0.29) is 41.8 Å². The van der Waals surface area contributed by atoms with Gasteiger partial charge in [0, 0.05) is 24.8 Å². The predicted molar refractivity (Wildman–Crippen MR) is 99.6 cm³/mol. The molecule has 0 unspecified atom stereocenters. The number of ether oxygens (including phenoxy) is 2. The molecule has 0 aliphatic rings. The number of nitrogens with zero attached hydrogens (tertiary/aromatic N) is 2. The Labute approximate surface area is 169 Å². The maximum absolute atomic E-state index is 13.3. The molecule has 0 saturated carbocycles. The van der Waals surface area contributed by atoms with Gasteiger partial charge >= 0.3 is 6.18 Å². The number of alkyl halides is 3. The Morgan fingerprint density at radius 3 is 2.63 bits per heavy atom. The van der Waals surface area contributed by atoms with Gasteiger partial charge in [-0.1, -0.05) is 12.1 Å². The number of halogens is 3. The highest BCUT2D eigenvalue weighted by molar-refractivity contribution is 5.95. The van der Waals surface area contributed by atoms with Crippen molar-refractivity contribution >= 4 is 5.91 Å². The summed E-state index contributed by atoms with van der Waals surface area (Å²) in [5.41, 5.74) is -0.208. The Morgan fingerprint density at radius 1 is 1.13 bits per heavy atom. The van der Waals surface area contributed by atoms with Gasteiger partial charge in [0.15, 0.2) is 0 Å². The normalized spacial score (nSPS) is 11.4. The van der Waals surface area contributed by atoms with Crippen molar-refractivity contribution in [2.75, 3.05) is 14.2 Å². The van der Waals surface area contributed by atoms with Gasteiger partial charge in [0.25, 0.3) is 5.91 Å². The first-order valence-electron chi connectivity index (χ1n) is 8.76. The van der Waals surface area contributed by atoms with E-state index in [9.17, 15) is 18.0 Å². The number of nitrogens with one attached hydrogen (secondary N) is 1. The molecular weight excluding hydrogens is 403 g/mol. The van der Waals surface area contributed by atoms with E-state index in [1.807, 2.05) is 0 Å². The van der Waals surface area contributed by atoms with Gasteiger partial charge in [-0.05, 0) is 35.9 Å². The monoisotopic (exact) mass is 421 g/mol. The SMILES string of the molecule is COCc1nnc(-c2cccc(C(=O)NCc3ccc(OC)cc3C(F)(F)F)c2)o1.